The fraction of sp³-hybridized carbons (Fsp3) is 0.105. The lowest BCUT2D eigenvalue weighted by Gasteiger charge is -2.11. The van der Waals surface area contributed by atoms with E-state index in [4.69, 9.17) is 16.3 Å². The van der Waals surface area contributed by atoms with Gasteiger partial charge in [-0.05, 0) is 62.4 Å². The standard InChI is InChI=1S/C19H16ClNO2/c1-13-7-8-14(2)21(13)15-9-11-16(12-10-15)23-19(22)17-5-3-4-6-18(17)20/h3-12H,1-2H3. The number of carbonyl (C=O) groups is 1. The van der Waals surface area contributed by atoms with Gasteiger partial charge in [-0.1, -0.05) is 23.7 Å². The number of hydrogen-bond donors (Lipinski definition) is 0. The summed E-state index contributed by atoms with van der Waals surface area (Å²) >= 11 is 6.01. The van der Waals surface area contributed by atoms with Gasteiger partial charge in [-0.15, -0.1) is 0 Å². The first kappa shape index (κ1) is 15.4. The van der Waals surface area contributed by atoms with Crippen LogP contribution >= 0.6 is 11.6 Å². The summed E-state index contributed by atoms with van der Waals surface area (Å²) in [5.74, 6) is 0.0257. The Kier molecular flexibility index (Phi) is 4.22. The zero-order chi connectivity index (χ0) is 16.4. The molecule has 0 aliphatic rings. The first-order chi connectivity index (χ1) is 11.1. The van der Waals surface area contributed by atoms with Crippen molar-refractivity contribution in [2.45, 2.75) is 13.8 Å². The van der Waals surface area contributed by atoms with Crippen molar-refractivity contribution < 1.29 is 9.53 Å². The second-order valence-electron chi connectivity index (χ2n) is 5.31. The molecule has 0 N–H and O–H groups in total. The maximum absolute atomic E-state index is 12.1. The fourth-order valence-corrected chi connectivity index (χ4v) is 2.74. The first-order valence-electron chi connectivity index (χ1n) is 7.28. The van der Waals surface area contributed by atoms with Gasteiger partial charge in [-0.2, -0.15) is 0 Å². The molecule has 0 saturated carbocycles. The smallest absolute Gasteiger partial charge is 0.345 e. The minimum absolute atomic E-state index is 0.357. The van der Waals surface area contributed by atoms with Gasteiger partial charge < -0.3 is 9.30 Å². The molecule has 3 rings (SSSR count). The molecule has 0 unspecified atom stereocenters. The molecule has 0 amide bonds. The van der Waals surface area contributed by atoms with Gasteiger partial charge in [0.05, 0.1) is 10.6 Å². The van der Waals surface area contributed by atoms with Gasteiger partial charge in [0.15, 0.2) is 0 Å². The summed E-state index contributed by atoms with van der Waals surface area (Å²) in [5, 5.41) is 0.382. The van der Waals surface area contributed by atoms with Crippen LogP contribution < -0.4 is 4.74 Å². The Morgan fingerprint density at radius 1 is 0.913 bits per heavy atom. The van der Waals surface area contributed by atoms with Gasteiger partial charge in [0, 0.05) is 17.1 Å². The van der Waals surface area contributed by atoms with E-state index < -0.39 is 5.97 Å². The number of aryl methyl sites for hydroxylation is 2. The van der Waals surface area contributed by atoms with Crippen LogP contribution in [0.1, 0.15) is 21.7 Å². The minimum Gasteiger partial charge on any atom is -0.423 e. The molecule has 2 aromatic carbocycles. The molecule has 0 aliphatic heterocycles. The van der Waals surface area contributed by atoms with Crippen molar-refractivity contribution in [2.75, 3.05) is 0 Å². The van der Waals surface area contributed by atoms with Gasteiger partial charge in [0.1, 0.15) is 5.75 Å². The molecular weight excluding hydrogens is 310 g/mol. The molecule has 3 aromatic rings. The number of esters is 1. The van der Waals surface area contributed by atoms with Crippen molar-refractivity contribution in [1.82, 2.24) is 4.57 Å². The third kappa shape index (κ3) is 3.15. The monoisotopic (exact) mass is 325 g/mol. The molecule has 3 nitrogen and oxygen atoms in total. The number of benzene rings is 2. The Balaban J connectivity index is 1.81. The van der Waals surface area contributed by atoms with E-state index in [0.717, 1.165) is 17.1 Å². The summed E-state index contributed by atoms with van der Waals surface area (Å²) in [6.45, 7) is 4.11. The molecule has 23 heavy (non-hydrogen) atoms. The molecule has 0 atom stereocenters. The van der Waals surface area contributed by atoms with E-state index in [1.165, 1.54) is 0 Å². The molecular formula is C19H16ClNO2. The van der Waals surface area contributed by atoms with Gasteiger partial charge in [-0.3, -0.25) is 0 Å². The number of rotatable bonds is 3. The summed E-state index contributed by atoms with van der Waals surface area (Å²) in [6, 6.07) is 18.4. The van der Waals surface area contributed by atoms with E-state index in [-0.39, 0.29) is 0 Å². The number of ether oxygens (including phenoxy) is 1. The largest absolute Gasteiger partial charge is 0.423 e. The van der Waals surface area contributed by atoms with Crippen LogP contribution in [0.5, 0.6) is 5.75 Å². The van der Waals surface area contributed by atoms with Crippen LogP contribution in [-0.2, 0) is 0 Å². The van der Waals surface area contributed by atoms with E-state index >= 15 is 0 Å². The summed E-state index contributed by atoms with van der Waals surface area (Å²) < 4.78 is 7.52. The van der Waals surface area contributed by atoms with E-state index in [1.54, 1.807) is 36.4 Å². The molecule has 0 aliphatic carbocycles. The summed E-state index contributed by atoms with van der Waals surface area (Å²) in [7, 11) is 0. The molecule has 116 valence electrons. The lowest BCUT2D eigenvalue weighted by molar-refractivity contribution is 0.0735. The third-order valence-corrected chi connectivity index (χ3v) is 4.00. The normalized spacial score (nSPS) is 10.6. The van der Waals surface area contributed by atoms with Crippen LogP contribution in [-0.4, -0.2) is 10.5 Å². The average Bonchev–Trinajstić information content (AvgIpc) is 2.87. The van der Waals surface area contributed by atoms with Crippen LogP contribution in [0.4, 0.5) is 0 Å². The Morgan fingerprint density at radius 2 is 1.52 bits per heavy atom. The predicted octanol–water partition coefficient (Wildman–Crippen LogP) is 4.97. The van der Waals surface area contributed by atoms with Gasteiger partial charge in [0.2, 0.25) is 0 Å². The summed E-state index contributed by atoms with van der Waals surface area (Å²) in [6.07, 6.45) is 0. The number of hydrogen-bond acceptors (Lipinski definition) is 2. The average molecular weight is 326 g/mol. The highest BCUT2D eigenvalue weighted by Gasteiger charge is 2.12. The molecule has 0 saturated heterocycles. The summed E-state index contributed by atoms with van der Waals surface area (Å²) in [5.41, 5.74) is 3.70. The highest BCUT2D eigenvalue weighted by atomic mass is 35.5. The van der Waals surface area contributed by atoms with Crippen molar-refractivity contribution in [1.29, 1.82) is 0 Å². The Hall–Kier alpha value is -2.52. The lowest BCUT2D eigenvalue weighted by Crippen LogP contribution is -2.09. The van der Waals surface area contributed by atoms with Crippen LogP contribution in [0.2, 0.25) is 5.02 Å². The zero-order valence-electron chi connectivity index (χ0n) is 12.9. The van der Waals surface area contributed by atoms with Crippen LogP contribution in [0, 0.1) is 13.8 Å². The second-order valence-corrected chi connectivity index (χ2v) is 5.72. The maximum Gasteiger partial charge on any atom is 0.345 e. The Morgan fingerprint density at radius 3 is 2.13 bits per heavy atom. The van der Waals surface area contributed by atoms with Crippen molar-refractivity contribution in [2.24, 2.45) is 0 Å². The topological polar surface area (TPSA) is 31.2 Å². The number of aromatic nitrogens is 1. The van der Waals surface area contributed by atoms with E-state index in [2.05, 4.69) is 30.5 Å². The first-order valence-corrected chi connectivity index (χ1v) is 7.66. The van der Waals surface area contributed by atoms with Crippen molar-refractivity contribution in [3.63, 3.8) is 0 Å². The quantitative estimate of drug-likeness (QED) is 0.503. The Labute approximate surface area is 140 Å². The molecule has 0 bridgehead atoms. The van der Waals surface area contributed by atoms with Crippen molar-refractivity contribution in [3.8, 4) is 11.4 Å². The van der Waals surface area contributed by atoms with Crippen LogP contribution in [0.3, 0.4) is 0 Å². The molecule has 0 spiro atoms. The van der Waals surface area contributed by atoms with Gasteiger partial charge >= 0.3 is 5.97 Å². The highest BCUT2D eigenvalue weighted by molar-refractivity contribution is 6.33. The van der Waals surface area contributed by atoms with Gasteiger partial charge in [0.25, 0.3) is 0 Å². The molecule has 1 heterocycles. The molecule has 4 heteroatoms. The third-order valence-electron chi connectivity index (χ3n) is 3.67. The van der Waals surface area contributed by atoms with E-state index in [0.29, 0.717) is 16.3 Å². The molecule has 0 radical (unpaired) electrons. The number of carbonyl (C=O) groups excluding carboxylic acids is 1. The Bertz CT molecular complexity index is 831. The second kappa shape index (κ2) is 6.31. The van der Waals surface area contributed by atoms with Crippen molar-refractivity contribution >= 4 is 17.6 Å². The predicted molar refractivity (Wildman–Crippen MR) is 91.7 cm³/mol. The SMILES string of the molecule is Cc1ccc(C)n1-c1ccc(OC(=O)c2ccccc2Cl)cc1. The van der Waals surface area contributed by atoms with Crippen LogP contribution in [0.25, 0.3) is 5.69 Å². The molecule has 1 aromatic heterocycles. The van der Waals surface area contributed by atoms with Gasteiger partial charge in [-0.25, -0.2) is 4.79 Å². The number of halogens is 1. The van der Waals surface area contributed by atoms with Crippen LogP contribution in [0.15, 0.2) is 60.7 Å². The van der Waals surface area contributed by atoms with E-state index in [9.17, 15) is 4.79 Å². The minimum atomic E-state index is -0.461. The zero-order valence-corrected chi connectivity index (χ0v) is 13.7. The highest BCUT2D eigenvalue weighted by Crippen LogP contribution is 2.22. The lowest BCUT2D eigenvalue weighted by atomic mass is 10.2. The van der Waals surface area contributed by atoms with E-state index in [1.807, 2.05) is 12.1 Å². The van der Waals surface area contributed by atoms with Crippen molar-refractivity contribution in [3.05, 3.63) is 82.6 Å². The summed E-state index contributed by atoms with van der Waals surface area (Å²) in [4.78, 5) is 12.1. The fourth-order valence-electron chi connectivity index (χ4n) is 2.53. The maximum atomic E-state index is 12.1. The molecule has 0 fully saturated rings. The number of nitrogens with zero attached hydrogens (tertiary/aromatic N) is 1.